The molecule has 3 nitrogen and oxygen atoms in total. The van der Waals surface area contributed by atoms with Crippen LogP contribution in [0.4, 0.5) is 5.69 Å². The Hall–Kier alpha value is -0.380. The van der Waals surface area contributed by atoms with Crippen molar-refractivity contribution in [2.24, 2.45) is 10.4 Å². The van der Waals surface area contributed by atoms with Crippen LogP contribution in [0.15, 0.2) is 40.7 Å². The third-order valence-corrected chi connectivity index (χ3v) is 0.912. The molecule has 0 N–H and O–H groups in total. The number of nitrogens with zero attached hydrogens (tertiary/aromatic N) is 2. The molecule has 0 saturated heterocycles. The summed E-state index contributed by atoms with van der Waals surface area (Å²) in [5.41, 5.74) is 0.590. The van der Waals surface area contributed by atoms with Gasteiger partial charge in [0, 0.05) is 0 Å². The minimum atomic E-state index is 0. The molecule has 1 aromatic rings. The first-order valence-corrected chi connectivity index (χ1v) is 2.52. The smallest absolute Gasteiger partial charge is 0.775 e. The molecule has 0 aliphatic rings. The quantitative estimate of drug-likeness (QED) is 0.291. The van der Waals surface area contributed by atoms with Gasteiger partial charge in [0.15, 0.2) is 0 Å². The number of hydrogen-bond acceptors (Lipinski definition) is 3. The second-order valence-electron chi connectivity index (χ2n) is 1.52. The summed E-state index contributed by atoms with van der Waals surface area (Å²) in [5.74, 6) is 0. The van der Waals surface area contributed by atoms with E-state index in [9.17, 15) is 5.21 Å². The summed E-state index contributed by atoms with van der Waals surface area (Å²) in [4.78, 5) is 0. The van der Waals surface area contributed by atoms with E-state index in [1.807, 2.05) is 6.07 Å². The maximum absolute atomic E-state index is 9.56. The van der Waals surface area contributed by atoms with Crippen LogP contribution >= 0.6 is 0 Å². The number of rotatable bonds is 1. The Labute approximate surface area is 81.0 Å². The zero-order valence-electron chi connectivity index (χ0n) is 5.69. The molecule has 0 atom stereocenters. The maximum atomic E-state index is 9.56. The molecule has 0 aromatic heterocycles. The molecular formula is C6H5N2NaO. The van der Waals surface area contributed by atoms with Crippen LogP contribution in [0.25, 0.3) is 0 Å². The van der Waals surface area contributed by atoms with E-state index in [4.69, 9.17) is 0 Å². The largest absolute Gasteiger partial charge is 1.00 e. The third-order valence-electron chi connectivity index (χ3n) is 0.912. The zero-order valence-corrected chi connectivity index (χ0v) is 7.69. The fourth-order valence-electron chi connectivity index (χ4n) is 0.542. The minimum Gasteiger partial charge on any atom is -0.775 e. The molecule has 4 heteroatoms. The van der Waals surface area contributed by atoms with E-state index in [0.29, 0.717) is 5.69 Å². The topological polar surface area (TPSA) is 47.8 Å². The molecule has 0 saturated carbocycles. The average molecular weight is 144 g/mol. The fourth-order valence-corrected chi connectivity index (χ4v) is 0.542. The Morgan fingerprint density at radius 2 is 1.70 bits per heavy atom. The molecular weight excluding hydrogens is 139 g/mol. The molecule has 0 spiro atoms. The molecule has 46 valence electrons. The van der Waals surface area contributed by atoms with Gasteiger partial charge in [-0.05, 0) is 12.1 Å². The van der Waals surface area contributed by atoms with Crippen LogP contribution in [0.5, 0.6) is 0 Å². The van der Waals surface area contributed by atoms with Crippen LogP contribution in [-0.4, -0.2) is 0 Å². The Morgan fingerprint density at radius 3 is 2.20 bits per heavy atom. The summed E-state index contributed by atoms with van der Waals surface area (Å²) in [6.45, 7) is 0. The summed E-state index contributed by atoms with van der Waals surface area (Å²) in [5, 5.41) is 15.2. The van der Waals surface area contributed by atoms with Gasteiger partial charge in [0.05, 0.1) is 5.69 Å². The Kier molecular flexibility index (Phi) is 5.20. The van der Waals surface area contributed by atoms with Gasteiger partial charge in [-0.25, -0.2) is 5.28 Å². The van der Waals surface area contributed by atoms with Gasteiger partial charge in [0.2, 0.25) is 0 Å². The van der Waals surface area contributed by atoms with Gasteiger partial charge in [-0.2, -0.15) is 5.11 Å². The number of benzene rings is 1. The van der Waals surface area contributed by atoms with Crippen molar-refractivity contribution in [3.63, 3.8) is 0 Å². The van der Waals surface area contributed by atoms with E-state index in [-0.39, 0.29) is 29.6 Å². The van der Waals surface area contributed by atoms with E-state index in [2.05, 4.69) is 10.4 Å². The number of hydrogen-bond donors (Lipinski definition) is 0. The van der Waals surface area contributed by atoms with Gasteiger partial charge in [-0.1, -0.05) is 18.2 Å². The van der Waals surface area contributed by atoms with Crippen molar-refractivity contribution in [1.82, 2.24) is 0 Å². The van der Waals surface area contributed by atoms with Crippen LogP contribution in [0.2, 0.25) is 0 Å². The van der Waals surface area contributed by atoms with E-state index in [1.165, 1.54) is 0 Å². The first kappa shape index (κ1) is 9.62. The van der Waals surface area contributed by atoms with Gasteiger partial charge in [-0.3, -0.25) is 0 Å². The second kappa shape index (κ2) is 5.41. The zero-order chi connectivity index (χ0) is 6.53. The van der Waals surface area contributed by atoms with Crippen molar-refractivity contribution >= 4 is 5.69 Å². The molecule has 1 rings (SSSR count). The first-order chi connectivity index (χ1) is 4.43. The van der Waals surface area contributed by atoms with Crippen LogP contribution in [0, 0.1) is 5.21 Å². The third kappa shape index (κ3) is 2.96. The van der Waals surface area contributed by atoms with Gasteiger partial charge in [0.25, 0.3) is 0 Å². The van der Waals surface area contributed by atoms with E-state index >= 15 is 0 Å². The molecule has 0 unspecified atom stereocenters. The monoisotopic (exact) mass is 144 g/mol. The molecule has 10 heavy (non-hydrogen) atoms. The molecule has 0 fully saturated rings. The van der Waals surface area contributed by atoms with Crippen molar-refractivity contribution in [1.29, 1.82) is 0 Å². The van der Waals surface area contributed by atoms with Crippen molar-refractivity contribution in [3.8, 4) is 0 Å². The summed E-state index contributed by atoms with van der Waals surface area (Å²) in [6, 6.07) is 8.86. The van der Waals surface area contributed by atoms with Gasteiger partial charge in [-0.15, -0.1) is 0 Å². The van der Waals surface area contributed by atoms with Crippen LogP contribution in [0.3, 0.4) is 0 Å². The van der Waals surface area contributed by atoms with Crippen LogP contribution in [-0.2, 0) is 0 Å². The molecule has 0 amide bonds. The van der Waals surface area contributed by atoms with Crippen LogP contribution in [0.1, 0.15) is 0 Å². The molecule has 0 bridgehead atoms. The van der Waals surface area contributed by atoms with E-state index in [0.717, 1.165) is 0 Å². The molecule has 0 radical (unpaired) electrons. The van der Waals surface area contributed by atoms with Crippen molar-refractivity contribution < 1.29 is 29.6 Å². The minimum absolute atomic E-state index is 0. The Morgan fingerprint density at radius 1 is 1.10 bits per heavy atom. The van der Waals surface area contributed by atoms with E-state index < -0.39 is 0 Å². The van der Waals surface area contributed by atoms with Crippen molar-refractivity contribution in [2.45, 2.75) is 0 Å². The fraction of sp³-hybridized carbons (Fsp3) is 0. The summed E-state index contributed by atoms with van der Waals surface area (Å²) in [7, 11) is 0. The maximum Gasteiger partial charge on any atom is 1.00 e. The first-order valence-electron chi connectivity index (χ1n) is 2.52. The second-order valence-corrected chi connectivity index (χ2v) is 1.52. The predicted octanol–water partition coefficient (Wildman–Crippen LogP) is -0.728. The van der Waals surface area contributed by atoms with Crippen LogP contribution < -0.4 is 29.6 Å². The molecule has 1 aromatic carbocycles. The van der Waals surface area contributed by atoms with E-state index in [1.54, 1.807) is 24.3 Å². The summed E-state index contributed by atoms with van der Waals surface area (Å²) < 4.78 is 0. The Balaban J connectivity index is 0.000000810. The van der Waals surface area contributed by atoms with Gasteiger partial charge >= 0.3 is 29.6 Å². The molecule has 0 heterocycles. The molecule has 0 aliphatic heterocycles. The van der Waals surface area contributed by atoms with Gasteiger partial charge < -0.3 is 5.21 Å². The van der Waals surface area contributed by atoms with Crippen molar-refractivity contribution in [2.75, 3.05) is 0 Å². The Bertz CT molecular complexity index is 200. The molecule has 0 aliphatic carbocycles. The average Bonchev–Trinajstić information content (AvgIpc) is 1.91. The predicted molar refractivity (Wildman–Crippen MR) is 34.3 cm³/mol. The summed E-state index contributed by atoms with van der Waals surface area (Å²) in [6.07, 6.45) is 0. The normalized spacial score (nSPS) is 9.20. The standard InChI is InChI=1S/C6H6N2O.Na/c9-8-7-6-4-2-1-3-5-6;/h1-5H,(H,7,9);/q;+1/p-1. The SMILES string of the molecule is [Na+].[O-]N=Nc1ccccc1. The van der Waals surface area contributed by atoms with Crippen molar-refractivity contribution in [3.05, 3.63) is 35.5 Å². The summed E-state index contributed by atoms with van der Waals surface area (Å²) >= 11 is 0. The van der Waals surface area contributed by atoms with Gasteiger partial charge in [0.1, 0.15) is 0 Å².